The number of hydrogen-bond acceptors (Lipinski definition) is 7. The van der Waals surface area contributed by atoms with Gasteiger partial charge in [0.15, 0.2) is 0 Å². The van der Waals surface area contributed by atoms with Crippen LogP contribution in [-0.2, 0) is 25.4 Å². The second-order valence-electron chi connectivity index (χ2n) is 8.99. The molecule has 2 amide bonds. The Labute approximate surface area is 240 Å². The minimum absolute atomic E-state index is 0.0414. The van der Waals surface area contributed by atoms with E-state index in [9.17, 15) is 31.8 Å². The number of rotatable bonds is 8. The van der Waals surface area contributed by atoms with Crippen molar-refractivity contribution in [3.63, 3.8) is 0 Å². The van der Waals surface area contributed by atoms with E-state index >= 15 is 0 Å². The van der Waals surface area contributed by atoms with Crippen molar-refractivity contribution >= 4 is 44.4 Å². The fraction of sp³-hybridized carbons (Fsp3) is 0.207. The SMILES string of the molecule is COC(=O)CCCC=S(C)(=O)NC(=O)c1cnc(N)c(C#Cc2cccc(NC(=O)c3cccc(C(F)(F)F)c3)c2)c1. The third-order valence-electron chi connectivity index (χ3n) is 5.64. The summed E-state index contributed by atoms with van der Waals surface area (Å²) in [6.07, 6.45) is -1.12. The van der Waals surface area contributed by atoms with E-state index in [2.05, 4.69) is 31.6 Å². The average molecular weight is 601 g/mol. The summed E-state index contributed by atoms with van der Waals surface area (Å²) in [7, 11) is -1.59. The number of carbonyl (C=O) groups excluding carboxylic acids is 3. The van der Waals surface area contributed by atoms with Gasteiger partial charge in [-0.25, -0.2) is 9.19 Å². The molecule has 220 valence electrons. The van der Waals surface area contributed by atoms with Crippen molar-refractivity contribution in [3.05, 3.63) is 88.6 Å². The van der Waals surface area contributed by atoms with Gasteiger partial charge in [0.25, 0.3) is 11.8 Å². The first-order valence-electron chi connectivity index (χ1n) is 12.3. The Kier molecular flexibility index (Phi) is 10.3. The molecule has 9 nitrogen and oxygen atoms in total. The van der Waals surface area contributed by atoms with E-state index in [1.807, 2.05) is 0 Å². The van der Waals surface area contributed by atoms with Crippen molar-refractivity contribution in [1.82, 2.24) is 9.71 Å². The van der Waals surface area contributed by atoms with E-state index in [4.69, 9.17) is 5.73 Å². The maximum atomic E-state index is 13.0. The average Bonchev–Trinajstić information content (AvgIpc) is 2.94. The number of pyridine rings is 1. The summed E-state index contributed by atoms with van der Waals surface area (Å²) >= 11 is 0. The highest BCUT2D eigenvalue weighted by Gasteiger charge is 2.30. The van der Waals surface area contributed by atoms with Gasteiger partial charge in [0.1, 0.15) is 5.82 Å². The van der Waals surface area contributed by atoms with Crippen LogP contribution in [-0.4, -0.2) is 45.7 Å². The van der Waals surface area contributed by atoms with E-state index in [1.165, 1.54) is 43.1 Å². The van der Waals surface area contributed by atoms with Crippen LogP contribution in [0.15, 0.2) is 60.8 Å². The molecule has 0 aliphatic rings. The number of anilines is 2. The van der Waals surface area contributed by atoms with Gasteiger partial charge in [-0.1, -0.05) is 24.0 Å². The molecule has 0 saturated heterocycles. The molecule has 0 spiro atoms. The highest BCUT2D eigenvalue weighted by molar-refractivity contribution is 7.99. The fourth-order valence-corrected chi connectivity index (χ4v) is 4.68. The quantitative estimate of drug-likeness (QED) is 0.153. The van der Waals surface area contributed by atoms with Crippen LogP contribution in [0.5, 0.6) is 0 Å². The lowest BCUT2D eigenvalue weighted by Gasteiger charge is -2.09. The first-order valence-corrected chi connectivity index (χ1v) is 14.4. The van der Waals surface area contributed by atoms with E-state index in [0.29, 0.717) is 24.1 Å². The molecule has 4 N–H and O–H groups in total. The topological polar surface area (TPSA) is 140 Å². The van der Waals surface area contributed by atoms with Gasteiger partial charge >= 0.3 is 12.1 Å². The largest absolute Gasteiger partial charge is 0.469 e. The van der Waals surface area contributed by atoms with Crippen LogP contribution in [0.2, 0.25) is 0 Å². The number of nitrogens with zero attached hydrogens (tertiary/aromatic N) is 1. The van der Waals surface area contributed by atoms with Gasteiger partial charge < -0.3 is 15.8 Å². The van der Waals surface area contributed by atoms with Crippen LogP contribution in [0, 0.1) is 11.8 Å². The fourth-order valence-electron chi connectivity index (χ4n) is 3.50. The Morgan fingerprint density at radius 3 is 2.50 bits per heavy atom. The lowest BCUT2D eigenvalue weighted by Crippen LogP contribution is -2.31. The number of hydrogen-bond donors (Lipinski definition) is 3. The first kappa shape index (κ1) is 31.7. The van der Waals surface area contributed by atoms with E-state index in [1.54, 1.807) is 18.2 Å². The Hall–Kier alpha value is -4.83. The number of alkyl halides is 3. The van der Waals surface area contributed by atoms with Crippen LogP contribution in [0.1, 0.15) is 56.7 Å². The van der Waals surface area contributed by atoms with Crippen molar-refractivity contribution in [2.45, 2.75) is 25.4 Å². The third-order valence-corrected chi connectivity index (χ3v) is 7.10. The van der Waals surface area contributed by atoms with Crippen LogP contribution in [0.3, 0.4) is 0 Å². The Morgan fingerprint density at radius 2 is 1.79 bits per heavy atom. The molecule has 1 heterocycles. The molecule has 0 fully saturated rings. The van der Waals surface area contributed by atoms with Crippen molar-refractivity contribution in [2.24, 2.45) is 0 Å². The minimum Gasteiger partial charge on any atom is -0.469 e. The number of amides is 2. The number of benzene rings is 2. The molecule has 1 unspecified atom stereocenters. The highest BCUT2D eigenvalue weighted by Crippen LogP contribution is 2.29. The summed E-state index contributed by atoms with van der Waals surface area (Å²) in [4.78, 5) is 40.4. The molecule has 42 heavy (non-hydrogen) atoms. The summed E-state index contributed by atoms with van der Waals surface area (Å²) in [6, 6.07) is 11.7. The van der Waals surface area contributed by atoms with Crippen LogP contribution < -0.4 is 15.8 Å². The van der Waals surface area contributed by atoms with Crippen LogP contribution in [0.4, 0.5) is 24.7 Å². The predicted molar refractivity (Wildman–Crippen MR) is 154 cm³/mol. The third kappa shape index (κ3) is 9.38. The summed E-state index contributed by atoms with van der Waals surface area (Å²) in [5, 5.41) is 3.97. The number of esters is 1. The standard InChI is InChI=1S/C29H27F3N4O5S/c1-41-25(37)11-3-4-14-42(2,40)36-28(39)22-16-20(26(33)34-18-22)13-12-19-7-5-10-24(15-19)35-27(38)21-8-6-9-23(17-21)29(30,31)32/h5-10,14-18H,3-4,11H2,1-2H3,(H2,33,34)(H,35,38)(H,36,39,40). The monoisotopic (exact) mass is 600 g/mol. The number of aromatic nitrogens is 1. The maximum absolute atomic E-state index is 13.0. The molecule has 3 rings (SSSR count). The molecule has 0 aliphatic carbocycles. The molecular formula is C29H27F3N4O5S. The zero-order chi connectivity index (χ0) is 30.9. The maximum Gasteiger partial charge on any atom is 0.416 e. The molecule has 1 atom stereocenters. The molecule has 0 saturated carbocycles. The minimum atomic E-state index is -4.58. The molecule has 0 bridgehead atoms. The summed E-state index contributed by atoms with van der Waals surface area (Å²) in [6.45, 7) is 0. The number of halogens is 3. The molecule has 2 aromatic carbocycles. The van der Waals surface area contributed by atoms with E-state index in [0.717, 1.165) is 18.2 Å². The second-order valence-corrected chi connectivity index (χ2v) is 11.3. The van der Waals surface area contributed by atoms with Crippen molar-refractivity contribution < 1.29 is 36.5 Å². The predicted octanol–water partition coefficient (Wildman–Crippen LogP) is 4.04. The molecular weight excluding hydrogens is 573 g/mol. The second kappa shape index (κ2) is 13.7. The zero-order valence-electron chi connectivity index (χ0n) is 22.6. The normalized spacial score (nSPS) is 12.2. The number of carbonyl (C=O) groups is 3. The van der Waals surface area contributed by atoms with Gasteiger partial charge in [-0.3, -0.25) is 19.1 Å². The smallest absolute Gasteiger partial charge is 0.416 e. The van der Waals surface area contributed by atoms with Crippen LogP contribution in [0.25, 0.3) is 0 Å². The molecule has 0 aliphatic heterocycles. The number of nitrogen functional groups attached to an aromatic ring is 1. The van der Waals surface area contributed by atoms with Gasteiger partial charge in [-0.05, 0) is 60.7 Å². The van der Waals surface area contributed by atoms with Gasteiger partial charge in [0, 0.05) is 45.4 Å². The molecule has 13 heteroatoms. The summed E-state index contributed by atoms with van der Waals surface area (Å²) in [5.41, 5.74) is 5.82. The Balaban J connectivity index is 1.72. The first-order chi connectivity index (χ1) is 19.8. The number of methoxy groups -OCH3 is 1. The highest BCUT2D eigenvalue weighted by atomic mass is 32.2. The summed E-state index contributed by atoms with van der Waals surface area (Å²) < 4.78 is 58.7. The van der Waals surface area contributed by atoms with E-state index < -0.39 is 33.3 Å². The van der Waals surface area contributed by atoms with Gasteiger partial charge in [-0.15, -0.1) is 0 Å². The van der Waals surface area contributed by atoms with Gasteiger partial charge in [0.2, 0.25) is 0 Å². The lowest BCUT2D eigenvalue weighted by molar-refractivity contribution is -0.140. The Bertz CT molecular complexity index is 1690. The number of ether oxygens (including phenoxy) is 1. The van der Waals surface area contributed by atoms with Crippen molar-refractivity contribution in [3.8, 4) is 11.8 Å². The van der Waals surface area contributed by atoms with Crippen molar-refractivity contribution in [1.29, 1.82) is 0 Å². The van der Waals surface area contributed by atoms with E-state index in [-0.39, 0.29) is 34.9 Å². The van der Waals surface area contributed by atoms with Crippen molar-refractivity contribution in [2.75, 3.05) is 24.4 Å². The Morgan fingerprint density at radius 1 is 1.05 bits per heavy atom. The molecule has 0 radical (unpaired) electrons. The van der Waals surface area contributed by atoms with Gasteiger partial charge in [-0.2, -0.15) is 13.2 Å². The van der Waals surface area contributed by atoms with Crippen LogP contribution >= 0.6 is 0 Å². The zero-order valence-corrected chi connectivity index (χ0v) is 23.4. The number of nitrogens with two attached hydrogens (primary N) is 1. The number of nitrogens with one attached hydrogen (secondary N) is 2. The molecule has 1 aromatic heterocycles. The summed E-state index contributed by atoms with van der Waals surface area (Å²) in [5.74, 6) is 3.91. The molecule has 3 aromatic rings. The lowest BCUT2D eigenvalue weighted by atomic mass is 10.1. The number of unbranched alkanes of at least 4 members (excludes halogenated alkanes) is 1. The van der Waals surface area contributed by atoms with Gasteiger partial charge in [0.05, 0.1) is 23.8 Å².